The monoisotopic (exact) mass is 371 g/mol. The molecule has 0 atom stereocenters. The zero-order valence-corrected chi connectivity index (χ0v) is 17.0. The third-order valence-corrected chi connectivity index (χ3v) is 5.74. The minimum Gasteiger partial charge on any atom is -0.494 e. The second kappa shape index (κ2) is 7.82. The van der Waals surface area contributed by atoms with Gasteiger partial charge in [-0.25, -0.2) is 0 Å². The fourth-order valence-corrected chi connectivity index (χ4v) is 4.66. The molecule has 2 aliphatic rings. The average Bonchev–Trinajstić information content (AvgIpc) is 2.99. The van der Waals surface area contributed by atoms with Crippen molar-refractivity contribution in [3.8, 4) is 5.75 Å². The van der Waals surface area contributed by atoms with Gasteiger partial charge in [-0.15, -0.1) is 0 Å². The molecular formula is C22H33N3O2. The highest BCUT2D eigenvalue weighted by Gasteiger charge is 2.28. The molecular weight excluding hydrogens is 338 g/mol. The lowest BCUT2D eigenvalue weighted by molar-refractivity contribution is 0.0141. The van der Waals surface area contributed by atoms with Crippen molar-refractivity contribution in [2.75, 3.05) is 52.5 Å². The molecule has 27 heavy (non-hydrogen) atoms. The third kappa shape index (κ3) is 4.31. The van der Waals surface area contributed by atoms with Crippen LogP contribution in [0, 0.1) is 5.41 Å². The molecule has 0 aliphatic carbocycles. The molecule has 0 saturated carbocycles. The second-order valence-corrected chi connectivity index (χ2v) is 8.74. The SMILES string of the molecule is CCOc1ccc2[nH]c3c(c2c1)CN(CC(C)(C)CN1CCOCC1)CC3. The van der Waals surface area contributed by atoms with E-state index in [1.54, 1.807) is 0 Å². The number of morpholine rings is 1. The van der Waals surface area contributed by atoms with E-state index in [1.807, 2.05) is 6.92 Å². The van der Waals surface area contributed by atoms with E-state index in [1.165, 1.54) is 22.2 Å². The van der Waals surface area contributed by atoms with Crippen molar-refractivity contribution in [1.82, 2.24) is 14.8 Å². The largest absolute Gasteiger partial charge is 0.494 e. The van der Waals surface area contributed by atoms with Crippen LogP contribution in [0.2, 0.25) is 0 Å². The van der Waals surface area contributed by atoms with Crippen molar-refractivity contribution in [3.05, 3.63) is 29.5 Å². The fraction of sp³-hybridized carbons (Fsp3) is 0.636. The lowest BCUT2D eigenvalue weighted by atomic mass is 9.90. The molecule has 0 spiro atoms. The first kappa shape index (κ1) is 18.8. The Morgan fingerprint density at radius 3 is 2.67 bits per heavy atom. The van der Waals surface area contributed by atoms with Crippen LogP contribution in [0.25, 0.3) is 10.9 Å². The van der Waals surface area contributed by atoms with Crippen molar-refractivity contribution in [2.24, 2.45) is 5.41 Å². The van der Waals surface area contributed by atoms with E-state index in [0.717, 1.165) is 64.7 Å². The van der Waals surface area contributed by atoms with Crippen molar-refractivity contribution in [2.45, 2.75) is 33.7 Å². The average molecular weight is 372 g/mol. The van der Waals surface area contributed by atoms with Gasteiger partial charge in [0.15, 0.2) is 0 Å². The number of H-pyrrole nitrogens is 1. The first-order valence-corrected chi connectivity index (χ1v) is 10.3. The number of ether oxygens (including phenoxy) is 2. The summed E-state index contributed by atoms with van der Waals surface area (Å²) in [5.41, 5.74) is 4.37. The number of hydrogen-bond donors (Lipinski definition) is 1. The Hall–Kier alpha value is -1.56. The molecule has 0 radical (unpaired) electrons. The smallest absolute Gasteiger partial charge is 0.120 e. The highest BCUT2D eigenvalue weighted by molar-refractivity contribution is 5.86. The molecule has 1 N–H and O–H groups in total. The summed E-state index contributed by atoms with van der Waals surface area (Å²) < 4.78 is 11.2. The first-order chi connectivity index (χ1) is 13.0. The lowest BCUT2D eigenvalue weighted by Crippen LogP contribution is -2.46. The molecule has 3 heterocycles. The summed E-state index contributed by atoms with van der Waals surface area (Å²) in [6.45, 7) is 15.9. The van der Waals surface area contributed by atoms with Crippen LogP contribution in [-0.4, -0.2) is 67.3 Å². The van der Waals surface area contributed by atoms with Crippen LogP contribution in [0.3, 0.4) is 0 Å². The quantitative estimate of drug-likeness (QED) is 0.846. The van der Waals surface area contributed by atoms with Gasteiger partial charge in [0.25, 0.3) is 0 Å². The Bertz CT molecular complexity index is 777. The molecule has 0 amide bonds. The molecule has 2 aromatic rings. The van der Waals surface area contributed by atoms with E-state index < -0.39 is 0 Å². The maximum Gasteiger partial charge on any atom is 0.120 e. The number of rotatable bonds is 6. The van der Waals surface area contributed by atoms with Gasteiger partial charge in [0.1, 0.15) is 5.75 Å². The molecule has 5 heteroatoms. The fourth-order valence-electron chi connectivity index (χ4n) is 4.66. The highest BCUT2D eigenvalue weighted by atomic mass is 16.5. The number of fused-ring (bicyclic) bond motifs is 3. The highest BCUT2D eigenvalue weighted by Crippen LogP contribution is 2.32. The zero-order valence-electron chi connectivity index (χ0n) is 17.0. The summed E-state index contributed by atoms with van der Waals surface area (Å²) in [5, 5.41) is 1.33. The molecule has 1 aromatic heterocycles. The standard InChI is InChI=1S/C22H33N3O2/c1-4-27-17-5-6-20-18(13-17)19-14-25(8-7-21(19)23-20)16-22(2,3)15-24-9-11-26-12-10-24/h5-6,13,23H,4,7-12,14-16H2,1-3H3. The summed E-state index contributed by atoms with van der Waals surface area (Å²) in [5.74, 6) is 0.969. The number of benzene rings is 1. The Kier molecular flexibility index (Phi) is 5.44. The molecule has 2 aliphatic heterocycles. The van der Waals surface area contributed by atoms with Gasteiger partial charge in [-0.2, -0.15) is 0 Å². The van der Waals surface area contributed by atoms with Crippen LogP contribution in [-0.2, 0) is 17.7 Å². The lowest BCUT2D eigenvalue weighted by Gasteiger charge is -2.39. The topological polar surface area (TPSA) is 40.7 Å². The van der Waals surface area contributed by atoms with Crippen LogP contribution in [0.5, 0.6) is 5.75 Å². The Labute approximate surface area is 162 Å². The van der Waals surface area contributed by atoms with E-state index in [9.17, 15) is 0 Å². The summed E-state index contributed by atoms with van der Waals surface area (Å²) in [7, 11) is 0. The van der Waals surface area contributed by atoms with Gasteiger partial charge in [-0.3, -0.25) is 9.80 Å². The summed E-state index contributed by atoms with van der Waals surface area (Å²) in [6.07, 6.45) is 1.10. The van der Waals surface area contributed by atoms with Crippen LogP contribution in [0.4, 0.5) is 0 Å². The normalized spacial score (nSPS) is 19.4. The number of aromatic nitrogens is 1. The van der Waals surface area contributed by atoms with Gasteiger partial charge < -0.3 is 14.5 Å². The summed E-state index contributed by atoms with van der Waals surface area (Å²) >= 11 is 0. The second-order valence-electron chi connectivity index (χ2n) is 8.74. The van der Waals surface area contributed by atoms with Crippen LogP contribution in [0.15, 0.2) is 18.2 Å². The van der Waals surface area contributed by atoms with Crippen molar-refractivity contribution in [3.63, 3.8) is 0 Å². The Morgan fingerprint density at radius 1 is 1.11 bits per heavy atom. The van der Waals surface area contributed by atoms with Crippen LogP contribution in [0.1, 0.15) is 32.0 Å². The molecule has 1 aromatic carbocycles. The molecule has 1 saturated heterocycles. The first-order valence-electron chi connectivity index (χ1n) is 10.3. The minimum absolute atomic E-state index is 0.275. The van der Waals surface area contributed by atoms with E-state index in [0.29, 0.717) is 6.61 Å². The molecule has 148 valence electrons. The van der Waals surface area contributed by atoms with Gasteiger partial charge in [0.2, 0.25) is 0 Å². The Morgan fingerprint density at radius 2 is 1.89 bits per heavy atom. The van der Waals surface area contributed by atoms with Gasteiger partial charge >= 0.3 is 0 Å². The predicted molar refractivity (Wildman–Crippen MR) is 109 cm³/mol. The van der Waals surface area contributed by atoms with Gasteiger partial charge in [-0.1, -0.05) is 13.8 Å². The van der Waals surface area contributed by atoms with Crippen molar-refractivity contribution in [1.29, 1.82) is 0 Å². The van der Waals surface area contributed by atoms with E-state index in [-0.39, 0.29) is 5.41 Å². The molecule has 1 fully saturated rings. The van der Waals surface area contributed by atoms with Crippen LogP contribution >= 0.6 is 0 Å². The molecule has 0 unspecified atom stereocenters. The van der Waals surface area contributed by atoms with E-state index >= 15 is 0 Å². The molecule has 5 nitrogen and oxygen atoms in total. The van der Waals surface area contributed by atoms with Gasteiger partial charge in [-0.05, 0) is 36.1 Å². The van der Waals surface area contributed by atoms with Gasteiger partial charge in [0, 0.05) is 62.3 Å². The van der Waals surface area contributed by atoms with Gasteiger partial charge in [0.05, 0.1) is 19.8 Å². The predicted octanol–water partition coefficient (Wildman–Crippen LogP) is 3.28. The zero-order chi connectivity index (χ0) is 18.9. The Balaban J connectivity index is 1.46. The molecule has 0 bridgehead atoms. The third-order valence-electron chi connectivity index (χ3n) is 5.74. The minimum atomic E-state index is 0.275. The number of aromatic amines is 1. The number of nitrogens with one attached hydrogen (secondary N) is 1. The van der Waals surface area contributed by atoms with Crippen molar-refractivity contribution < 1.29 is 9.47 Å². The number of hydrogen-bond acceptors (Lipinski definition) is 4. The number of nitrogens with zero attached hydrogens (tertiary/aromatic N) is 2. The van der Waals surface area contributed by atoms with Crippen molar-refractivity contribution >= 4 is 10.9 Å². The maximum absolute atomic E-state index is 5.72. The van der Waals surface area contributed by atoms with Crippen LogP contribution < -0.4 is 4.74 Å². The van der Waals surface area contributed by atoms with E-state index in [2.05, 4.69) is 46.8 Å². The summed E-state index contributed by atoms with van der Waals surface area (Å²) in [6, 6.07) is 6.43. The maximum atomic E-state index is 5.72. The summed E-state index contributed by atoms with van der Waals surface area (Å²) in [4.78, 5) is 8.81. The molecule has 4 rings (SSSR count). The van der Waals surface area contributed by atoms with E-state index in [4.69, 9.17) is 9.47 Å².